The van der Waals surface area contributed by atoms with E-state index in [2.05, 4.69) is 6.92 Å². The first-order valence-corrected chi connectivity index (χ1v) is 7.56. The molecule has 2 aliphatic carbocycles. The molecular weight excluding hydrogens is 204 g/mol. The van der Waals surface area contributed by atoms with Crippen LogP contribution in [0.1, 0.15) is 45.4 Å². The first-order valence-electron chi connectivity index (χ1n) is 6.51. The molecule has 0 amide bonds. The van der Waals surface area contributed by atoms with Crippen LogP contribution < -0.4 is 0 Å². The van der Waals surface area contributed by atoms with Crippen LogP contribution in [0.15, 0.2) is 0 Å². The molecule has 1 heterocycles. The number of thioether (sulfide) groups is 1. The molecule has 86 valence electrons. The second kappa shape index (κ2) is 3.66. The Labute approximate surface area is 97.0 Å². The standard InChI is InChI=1S/C13H22OS/c1-9-13(14,4-5-15-9)8-12-7-10-2-3-11(12)6-10/h9-12,14H,2-8H2,1H3. The smallest absolute Gasteiger partial charge is 0.0773 e. The van der Waals surface area contributed by atoms with Crippen molar-refractivity contribution in [2.45, 2.75) is 56.3 Å². The Hall–Kier alpha value is 0.310. The predicted molar refractivity (Wildman–Crippen MR) is 65.0 cm³/mol. The first kappa shape index (κ1) is 10.5. The fourth-order valence-electron chi connectivity index (χ4n) is 4.12. The molecule has 0 aromatic rings. The largest absolute Gasteiger partial charge is 0.389 e. The summed E-state index contributed by atoms with van der Waals surface area (Å²) in [6, 6.07) is 0. The Kier molecular flexibility index (Phi) is 2.55. The fourth-order valence-corrected chi connectivity index (χ4v) is 5.47. The minimum atomic E-state index is -0.320. The molecule has 0 aromatic carbocycles. The van der Waals surface area contributed by atoms with Crippen LogP contribution in [0.3, 0.4) is 0 Å². The molecule has 0 aromatic heterocycles. The maximum absolute atomic E-state index is 10.6. The summed E-state index contributed by atoms with van der Waals surface area (Å²) in [5.74, 6) is 4.01. The molecule has 0 radical (unpaired) electrons. The Morgan fingerprint density at radius 2 is 2.20 bits per heavy atom. The van der Waals surface area contributed by atoms with Crippen LogP contribution in [-0.2, 0) is 0 Å². The molecule has 5 atom stereocenters. The van der Waals surface area contributed by atoms with Gasteiger partial charge in [-0.2, -0.15) is 11.8 Å². The monoisotopic (exact) mass is 226 g/mol. The zero-order valence-corrected chi connectivity index (χ0v) is 10.4. The molecule has 1 aliphatic heterocycles. The molecule has 2 heteroatoms. The quantitative estimate of drug-likeness (QED) is 0.781. The molecule has 1 saturated heterocycles. The normalized spacial score (nSPS) is 54.0. The van der Waals surface area contributed by atoms with Gasteiger partial charge in [-0.1, -0.05) is 13.3 Å². The summed E-state index contributed by atoms with van der Waals surface area (Å²) in [6.07, 6.45) is 7.96. The van der Waals surface area contributed by atoms with Crippen LogP contribution >= 0.6 is 11.8 Å². The third kappa shape index (κ3) is 1.74. The highest BCUT2D eigenvalue weighted by Gasteiger charge is 2.46. The van der Waals surface area contributed by atoms with Crippen molar-refractivity contribution in [3.63, 3.8) is 0 Å². The number of hydrogen-bond acceptors (Lipinski definition) is 2. The van der Waals surface area contributed by atoms with Crippen LogP contribution in [0.4, 0.5) is 0 Å². The molecule has 0 spiro atoms. The summed E-state index contributed by atoms with van der Waals surface area (Å²) in [4.78, 5) is 0. The highest BCUT2D eigenvalue weighted by atomic mass is 32.2. The summed E-state index contributed by atoms with van der Waals surface area (Å²) >= 11 is 1.96. The van der Waals surface area contributed by atoms with Crippen molar-refractivity contribution in [1.82, 2.24) is 0 Å². The molecule has 5 unspecified atom stereocenters. The molecular formula is C13H22OS. The number of hydrogen-bond donors (Lipinski definition) is 1. The van der Waals surface area contributed by atoms with Crippen molar-refractivity contribution in [3.05, 3.63) is 0 Å². The molecule has 1 N–H and O–H groups in total. The van der Waals surface area contributed by atoms with Gasteiger partial charge in [0, 0.05) is 5.25 Å². The van der Waals surface area contributed by atoms with Crippen molar-refractivity contribution in [1.29, 1.82) is 0 Å². The number of aliphatic hydroxyl groups is 1. The van der Waals surface area contributed by atoms with Crippen molar-refractivity contribution < 1.29 is 5.11 Å². The Balaban J connectivity index is 1.65. The predicted octanol–water partition coefficient (Wildman–Crippen LogP) is 3.07. The topological polar surface area (TPSA) is 20.2 Å². The molecule has 2 bridgehead atoms. The maximum Gasteiger partial charge on any atom is 0.0773 e. The zero-order chi connectivity index (χ0) is 10.5. The van der Waals surface area contributed by atoms with E-state index in [0.29, 0.717) is 5.25 Å². The summed E-state index contributed by atoms with van der Waals surface area (Å²) in [7, 11) is 0. The van der Waals surface area contributed by atoms with E-state index in [0.717, 1.165) is 30.6 Å². The number of fused-ring (bicyclic) bond motifs is 2. The van der Waals surface area contributed by atoms with Gasteiger partial charge in [-0.25, -0.2) is 0 Å². The van der Waals surface area contributed by atoms with Gasteiger partial charge < -0.3 is 5.11 Å². The lowest BCUT2D eigenvalue weighted by Gasteiger charge is -2.33. The van der Waals surface area contributed by atoms with E-state index in [1.54, 1.807) is 0 Å². The van der Waals surface area contributed by atoms with E-state index >= 15 is 0 Å². The molecule has 2 saturated carbocycles. The van der Waals surface area contributed by atoms with Crippen molar-refractivity contribution in [2.75, 3.05) is 5.75 Å². The molecule has 1 nitrogen and oxygen atoms in total. The lowest BCUT2D eigenvalue weighted by molar-refractivity contribution is 0.0121. The van der Waals surface area contributed by atoms with Gasteiger partial charge in [0.05, 0.1) is 5.60 Å². The van der Waals surface area contributed by atoms with Crippen LogP contribution in [0.5, 0.6) is 0 Å². The van der Waals surface area contributed by atoms with Crippen LogP contribution in [0, 0.1) is 17.8 Å². The van der Waals surface area contributed by atoms with Gasteiger partial charge in [0.2, 0.25) is 0 Å². The molecule has 3 fully saturated rings. The van der Waals surface area contributed by atoms with Crippen molar-refractivity contribution >= 4 is 11.8 Å². The highest BCUT2D eigenvalue weighted by Crippen LogP contribution is 2.52. The van der Waals surface area contributed by atoms with Gasteiger partial charge in [-0.3, -0.25) is 0 Å². The third-order valence-corrected chi connectivity index (χ3v) is 6.54. The summed E-state index contributed by atoms with van der Waals surface area (Å²) in [5.41, 5.74) is -0.320. The minimum absolute atomic E-state index is 0.320. The van der Waals surface area contributed by atoms with E-state index in [1.165, 1.54) is 31.4 Å². The second-order valence-corrected chi connectivity index (χ2v) is 7.45. The minimum Gasteiger partial charge on any atom is -0.389 e. The van der Waals surface area contributed by atoms with Crippen LogP contribution in [-0.4, -0.2) is 21.7 Å². The average Bonchev–Trinajstić information content (AvgIpc) is 2.84. The van der Waals surface area contributed by atoms with Gasteiger partial charge in [-0.05, 0) is 55.6 Å². The third-order valence-electron chi connectivity index (χ3n) is 5.16. The van der Waals surface area contributed by atoms with E-state index < -0.39 is 0 Å². The van der Waals surface area contributed by atoms with Crippen LogP contribution in [0.2, 0.25) is 0 Å². The highest BCUT2D eigenvalue weighted by molar-refractivity contribution is 8.00. The van der Waals surface area contributed by atoms with Gasteiger partial charge in [-0.15, -0.1) is 0 Å². The Bertz CT molecular complexity index is 255. The Morgan fingerprint density at radius 3 is 2.73 bits per heavy atom. The van der Waals surface area contributed by atoms with E-state index in [-0.39, 0.29) is 5.60 Å². The van der Waals surface area contributed by atoms with Gasteiger partial charge in [0.25, 0.3) is 0 Å². The number of rotatable bonds is 2. The fraction of sp³-hybridized carbons (Fsp3) is 1.00. The maximum atomic E-state index is 10.6. The molecule has 15 heavy (non-hydrogen) atoms. The van der Waals surface area contributed by atoms with Gasteiger partial charge in [0.15, 0.2) is 0 Å². The zero-order valence-electron chi connectivity index (χ0n) is 9.61. The van der Waals surface area contributed by atoms with Crippen LogP contribution in [0.25, 0.3) is 0 Å². The lowest BCUT2D eigenvalue weighted by Crippen LogP contribution is -2.37. The van der Waals surface area contributed by atoms with Gasteiger partial charge in [0.1, 0.15) is 0 Å². The van der Waals surface area contributed by atoms with Crippen molar-refractivity contribution in [3.8, 4) is 0 Å². The summed E-state index contributed by atoms with van der Waals surface area (Å²) in [5, 5.41) is 11.1. The average molecular weight is 226 g/mol. The molecule has 3 rings (SSSR count). The summed E-state index contributed by atoms with van der Waals surface area (Å²) in [6.45, 7) is 2.21. The molecule has 3 aliphatic rings. The van der Waals surface area contributed by atoms with Gasteiger partial charge >= 0.3 is 0 Å². The summed E-state index contributed by atoms with van der Waals surface area (Å²) < 4.78 is 0. The van der Waals surface area contributed by atoms with Crippen molar-refractivity contribution in [2.24, 2.45) is 17.8 Å². The Morgan fingerprint density at radius 1 is 1.33 bits per heavy atom. The first-order chi connectivity index (χ1) is 7.17. The van der Waals surface area contributed by atoms with E-state index in [4.69, 9.17) is 0 Å². The van der Waals surface area contributed by atoms with E-state index in [9.17, 15) is 5.11 Å². The second-order valence-electron chi connectivity index (χ2n) is 6.01. The lowest BCUT2D eigenvalue weighted by atomic mass is 9.78. The SMILES string of the molecule is CC1SCCC1(O)CC1CC2CCC1C2. The van der Waals surface area contributed by atoms with E-state index in [1.807, 2.05) is 11.8 Å².